The zero-order chi connectivity index (χ0) is 12.8. The van der Waals surface area contributed by atoms with Gasteiger partial charge in [-0.05, 0) is 24.5 Å². The number of nitrogens with zero attached hydrogens (tertiary/aromatic N) is 4. The van der Waals surface area contributed by atoms with Gasteiger partial charge in [0.2, 0.25) is 5.95 Å². The molecular weight excluding hydrogens is 240 g/mol. The molecule has 6 heteroatoms. The van der Waals surface area contributed by atoms with Gasteiger partial charge in [0.1, 0.15) is 0 Å². The molecule has 1 atom stereocenters. The van der Waals surface area contributed by atoms with Crippen molar-refractivity contribution in [3.05, 3.63) is 41.5 Å². The summed E-state index contributed by atoms with van der Waals surface area (Å²) < 4.78 is 0. The van der Waals surface area contributed by atoms with Crippen LogP contribution in [0.3, 0.4) is 0 Å². The van der Waals surface area contributed by atoms with Gasteiger partial charge in [-0.3, -0.25) is 10.1 Å². The Bertz CT molecular complexity index is 763. The third-order valence-corrected chi connectivity index (χ3v) is 3.65. The summed E-state index contributed by atoms with van der Waals surface area (Å²) in [5.41, 5.74) is 9.79. The number of aromatic amines is 1. The van der Waals surface area contributed by atoms with Gasteiger partial charge in [0, 0.05) is 12.1 Å². The molecule has 1 aliphatic carbocycles. The second-order valence-electron chi connectivity index (χ2n) is 4.74. The van der Waals surface area contributed by atoms with Crippen LogP contribution in [-0.4, -0.2) is 25.1 Å². The topological polar surface area (TPSA) is 93.4 Å². The van der Waals surface area contributed by atoms with Crippen LogP contribution >= 0.6 is 0 Å². The molecule has 19 heavy (non-hydrogen) atoms. The van der Waals surface area contributed by atoms with Gasteiger partial charge >= 0.3 is 0 Å². The number of hydrogen-bond donors (Lipinski definition) is 2. The van der Waals surface area contributed by atoms with Crippen LogP contribution in [0.15, 0.2) is 24.5 Å². The van der Waals surface area contributed by atoms with E-state index in [2.05, 4.69) is 31.2 Å². The summed E-state index contributed by atoms with van der Waals surface area (Å²) in [6.45, 7) is 0. The van der Waals surface area contributed by atoms with Crippen LogP contribution in [0.2, 0.25) is 0 Å². The van der Waals surface area contributed by atoms with Gasteiger partial charge in [0.05, 0.1) is 23.0 Å². The Hall–Kier alpha value is -2.50. The summed E-state index contributed by atoms with van der Waals surface area (Å²) in [4.78, 5) is 13.1. The fourth-order valence-corrected chi connectivity index (χ4v) is 2.82. The van der Waals surface area contributed by atoms with Crippen molar-refractivity contribution in [2.24, 2.45) is 0 Å². The predicted octanol–water partition coefficient (Wildman–Crippen LogP) is 1.41. The third kappa shape index (κ3) is 1.49. The number of hydrogen-bond acceptors (Lipinski definition) is 5. The molecule has 6 nitrogen and oxygen atoms in total. The molecule has 0 radical (unpaired) electrons. The smallest absolute Gasteiger partial charge is 0.222 e. The van der Waals surface area contributed by atoms with Crippen LogP contribution in [0, 0.1) is 0 Å². The molecule has 0 fully saturated rings. The summed E-state index contributed by atoms with van der Waals surface area (Å²) in [6, 6.07) is 4.10. The van der Waals surface area contributed by atoms with E-state index in [9.17, 15) is 0 Å². The molecule has 1 unspecified atom stereocenters. The molecule has 0 amide bonds. The first-order valence-corrected chi connectivity index (χ1v) is 6.23. The Morgan fingerprint density at radius 2 is 2.21 bits per heavy atom. The quantitative estimate of drug-likeness (QED) is 0.683. The lowest BCUT2D eigenvalue weighted by Crippen LogP contribution is -2.06. The second-order valence-corrected chi connectivity index (χ2v) is 4.74. The van der Waals surface area contributed by atoms with Crippen LogP contribution in [0.4, 0.5) is 5.95 Å². The zero-order valence-electron chi connectivity index (χ0n) is 10.2. The van der Waals surface area contributed by atoms with Gasteiger partial charge in [-0.1, -0.05) is 6.07 Å². The highest BCUT2D eigenvalue weighted by molar-refractivity contribution is 5.78. The predicted molar refractivity (Wildman–Crippen MR) is 70.5 cm³/mol. The number of anilines is 1. The summed E-state index contributed by atoms with van der Waals surface area (Å²) in [6.07, 6.45) is 5.61. The number of aryl methyl sites for hydroxylation is 1. The highest BCUT2D eigenvalue weighted by Crippen LogP contribution is 2.38. The number of fused-ring (bicyclic) bond motifs is 2. The van der Waals surface area contributed by atoms with Gasteiger partial charge in [-0.2, -0.15) is 10.1 Å². The van der Waals surface area contributed by atoms with E-state index >= 15 is 0 Å². The highest BCUT2D eigenvalue weighted by Gasteiger charge is 2.28. The Kier molecular flexibility index (Phi) is 2.05. The minimum absolute atomic E-state index is 0.182. The molecule has 0 saturated heterocycles. The Morgan fingerprint density at radius 1 is 1.26 bits per heavy atom. The lowest BCUT2D eigenvalue weighted by molar-refractivity contribution is 0.752. The molecule has 1 aliphatic rings. The molecule has 0 aliphatic heterocycles. The molecule has 0 saturated carbocycles. The van der Waals surface area contributed by atoms with E-state index in [1.165, 1.54) is 5.56 Å². The SMILES string of the molecule is Nc1nc(C2CCc3cccnc32)c2cn[nH]c2n1. The number of nitrogens with one attached hydrogen (secondary N) is 1. The molecule has 0 spiro atoms. The monoisotopic (exact) mass is 252 g/mol. The molecule has 4 rings (SSSR count). The summed E-state index contributed by atoms with van der Waals surface area (Å²) in [7, 11) is 0. The lowest BCUT2D eigenvalue weighted by Gasteiger charge is -2.11. The fourth-order valence-electron chi connectivity index (χ4n) is 2.82. The third-order valence-electron chi connectivity index (χ3n) is 3.65. The summed E-state index contributed by atoms with van der Waals surface area (Å²) in [5.74, 6) is 0.456. The van der Waals surface area contributed by atoms with Gasteiger partial charge in [0.25, 0.3) is 0 Å². The number of pyridine rings is 1. The van der Waals surface area contributed by atoms with Crippen LogP contribution in [0.25, 0.3) is 11.0 Å². The van der Waals surface area contributed by atoms with Crippen molar-refractivity contribution in [1.82, 2.24) is 25.1 Å². The highest BCUT2D eigenvalue weighted by atomic mass is 15.2. The average Bonchev–Trinajstić information content (AvgIpc) is 3.03. The van der Waals surface area contributed by atoms with Crippen molar-refractivity contribution in [1.29, 1.82) is 0 Å². The first-order chi connectivity index (χ1) is 9.33. The van der Waals surface area contributed by atoms with Crippen LogP contribution in [0.5, 0.6) is 0 Å². The number of rotatable bonds is 1. The number of nitrogens with two attached hydrogens (primary N) is 1. The first kappa shape index (κ1) is 10.4. The molecule has 3 aromatic heterocycles. The summed E-state index contributed by atoms with van der Waals surface area (Å²) >= 11 is 0. The van der Waals surface area contributed by atoms with E-state index in [-0.39, 0.29) is 11.9 Å². The van der Waals surface area contributed by atoms with Crippen molar-refractivity contribution in [2.75, 3.05) is 5.73 Å². The zero-order valence-corrected chi connectivity index (χ0v) is 10.2. The van der Waals surface area contributed by atoms with E-state index in [0.717, 1.165) is 29.6 Å². The van der Waals surface area contributed by atoms with Crippen LogP contribution in [-0.2, 0) is 6.42 Å². The van der Waals surface area contributed by atoms with E-state index < -0.39 is 0 Å². The van der Waals surface area contributed by atoms with Crippen molar-refractivity contribution >= 4 is 17.0 Å². The molecule has 0 bridgehead atoms. The van der Waals surface area contributed by atoms with Crippen molar-refractivity contribution in [3.8, 4) is 0 Å². The van der Waals surface area contributed by atoms with Gasteiger partial charge < -0.3 is 5.73 Å². The maximum Gasteiger partial charge on any atom is 0.222 e. The largest absolute Gasteiger partial charge is 0.368 e. The van der Waals surface area contributed by atoms with Crippen LogP contribution < -0.4 is 5.73 Å². The van der Waals surface area contributed by atoms with E-state index in [4.69, 9.17) is 5.73 Å². The minimum Gasteiger partial charge on any atom is -0.368 e. The molecule has 3 heterocycles. The van der Waals surface area contributed by atoms with Crippen molar-refractivity contribution in [2.45, 2.75) is 18.8 Å². The van der Waals surface area contributed by atoms with Gasteiger partial charge in [-0.15, -0.1) is 0 Å². The number of H-pyrrole nitrogens is 1. The number of nitrogen functional groups attached to an aromatic ring is 1. The molecule has 3 N–H and O–H groups in total. The van der Waals surface area contributed by atoms with Crippen molar-refractivity contribution in [3.63, 3.8) is 0 Å². The molecular formula is C13H12N6. The van der Waals surface area contributed by atoms with Crippen LogP contribution in [0.1, 0.15) is 29.3 Å². The van der Waals surface area contributed by atoms with Crippen molar-refractivity contribution < 1.29 is 0 Å². The Labute approximate surface area is 109 Å². The molecule has 3 aromatic rings. The maximum atomic E-state index is 5.78. The van der Waals surface area contributed by atoms with E-state index in [1.54, 1.807) is 6.20 Å². The molecule has 0 aromatic carbocycles. The van der Waals surface area contributed by atoms with Gasteiger partial charge in [-0.25, -0.2) is 4.98 Å². The molecule has 94 valence electrons. The van der Waals surface area contributed by atoms with E-state index in [0.29, 0.717) is 5.65 Å². The van der Waals surface area contributed by atoms with E-state index in [1.807, 2.05) is 12.3 Å². The Morgan fingerprint density at radius 3 is 3.16 bits per heavy atom. The standard InChI is InChI=1S/C13H12N6/c14-13-17-11(9-6-16-19-12(9)18-13)8-4-3-7-2-1-5-15-10(7)8/h1-2,5-6,8H,3-4H2,(H3,14,16,17,18,19). The fraction of sp³-hybridized carbons (Fsp3) is 0.231. The Balaban J connectivity index is 1.94. The normalized spacial score (nSPS) is 17.8. The average molecular weight is 252 g/mol. The first-order valence-electron chi connectivity index (χ1n) is 6.23. The second kappa shape index (κ2) is 3.74. The summed E-state index contributed by atoms with van der Waals surface area (Å²) in [5, 5.41) is 7.80. The maximum absolute atomic E-state index is 5.78. The van der Waals surface area contributed by atoms with Gasteiger partial charge in [0.15, 0.2) is 5.65 Å². The lowest BCUT2D eigenvalue weighted by atomic mass is 10.00. The minimum atomic E-state index is 0.182. The number of aromatic nitrogens is 5.